The van der Waals surface area contributed by atoms with Crippen molar-refractivity contribution in [2.45, 2.75) is 20.8 Å². The maximum Gasteiger partial charge on any atom is 0.257 e. The van der Waals surface area contributed by atoms with Crippen LogP contribution in [0.2, 0.25) is 0 Å². The number of carbonyl (C=O) groups is 3. The minimum Gasteiger partial charge on any atom is -0.339 e. The van der Waals surface area contributed by atoms with Crippen molar-refractivity contribution in [1.29, 1.82) is 0 Å². The molecular weight excluding hydrogens is 332 g/mol. The lowest BCUT2D eigenvalue weighted by atomic mass is 10.1. The van der Waals surface area contributed by atoms with Crippen LogP contribution in [0.15, 0.2) is 42.7 Å². The van der Waals surface area contributed by atoms with Crippen LogP contribution in [-0.2, 0) is 4.79 Å². The van der Waals surface area contributed by atoms with E-state index in [1.807, 2.05) is 13.8 Å². The van der Waals surface area contributed by atoms with E-state index in [1.165, 1.54) is 25.4 Å². The van der Waals surface area contributed by atoms with Crippen molar-refractivity contribution < 1.29 is 14.4 Å². The summed E-state index contributed by atoms with van der Waals surface area (Å²) in [5, 5.41) is 5.40. The van der Waals surface area contributed by atoms with Gasteiger partial charge in [0.05, 0.1) is 11.1 Å². The van der Waals surface area contributed by atoms with Crippen molar-refractivity contribution in [2.75, 3.05) is 23.7 Å². The normalized spacial score (nSPS) is 10.1. The minimum absolute atomic E-state index is 0.156. The van der Waals surface area contributed by atoms with Crippen molar-refractivity contribution in [2.24, 2.45) is 0 Å². The number of carbonyl (C=O) groups excluding carboxylic acids is 3. The van der Waals surface area contributed by atoms with E-state index in [-0.39, 0.29) is 17.7 Å². The molecule has 1 heterocycles. The zero-order valence-electron chi connectivity index (χ0n) is 15.1. The summed E-state index contributed by atoms with van der Waals surface area (Å²) in [5.41, 5.74) is 1.89. The van der Waals surface area contributed by atoms with Gasteiger partial charge in [-0.25, -0.2) is 0 Å². The highest BCUT2D eigenvalue weighted by atomic mass is 16.2. The summed E-state index contributed by atoms with van der Waals surface area (Å²) in [4.78, 5) is 41.5. The van der Waals surface area contributed by atoms with Crippen LogP contribution in [-0.4, -0.2) is 40.7 Å². The predicted molar refractivity (Wildman–Crippen MR) is 100 cm³/mol. The fraction of sp³-hybridized carbons (Fsp3) is 0.263. The highest BCUT2D eigenvalue weighted by Gasteiger charge is 2.15. The van der Waals surface area contributed by atoms with Gasteiger partial charge in [-0.05, 0) is 44.2 Å². The van der Waals surface area contributed by atoms with Gasteiger partial charge in [-0.15, -0.1) is 0 Å². The molecule has 3 amide bonds. The number of amides is 3. The summed E-state index contributed by atoms with van der Waals surface area (Å²) >= 11 is 0. The van der Waals surface area contributed by atoms with Crippen LogP contribution < -0.4 is 10.6 Å². The maximum atomic E-state index is 12.4. The summed E-state index contributed by atoms with van der Waals surface area (Å²) in [7, 11) is 0. The van der Waals surface area contributed by atoms with Crippen LogP contribution in [0.4, 0.5) is 11.4 Å². The number of anilines is 2. The average Bonchev–Trinajstić information content (AvgIpc) is 2.64. The SMILES string of the molecule is CCN(CC)C(=O)c1cncc(C(=O)Nc2ccc(NC(C)=O)cc2)c1. The van der Waals surface area contributed by atoms with E-state index < -0.39 is 0 Å². The predicted octanol–water partition coefficient (Wildman–Crippen LogP) is 2.77. The minimum atomic E-state index is -0.362. The molecule has 0 aliphatic carbocycles. The average molecular weight is 354 g/mol. The smallest absolute Gasteiger partial charge is 0.257 e. The Bertz CT molecular complexity index is 799. The molecule has 0 bridgehead atoms. The van der Waals surface area contributed by atoms with E-state index in [9.17, 15) is 14.4 Å². The Morgan fingerprint density at radius 1 is 0.923 bits per heavy atom. The molecule has 2 aromatic rings. The maximum absolute atomic E-state index is 12.4. The highest BCUT2D eigenvalue weighted by Crippen LogP contribution is 2.15. The Balaban J connectivity index is 2.11. The summed E-state index contributed by atoms with van der Waals surface area (Å²) in [6, 6.07) is 8.28. The van der Waals surface area contributed by atoms with Crippen molar-refractivity contribution in [3.05, 3.63) is 53.9 Å². The lowest BCUT2D eigenvalue weighted by Gasteiger charge is -2.18. The Morgan fingerprint density at radius 3 is 2.00 bits per heavy atom. The number of nitrogens with zero attached hydrogens (tertiary/aromatic N) is 2. The largest absolute Gasteiger partial charge is 0.339 e. The molecule has 0 saturated carbocycles. The third kappa shape index (κ3) is 4.89. The zero-order chi connectivity index (χ0) is 19.1. The van der Waals surface area contributed by atoms with Gasteiger partial charge in [-0.2, -0.15) is 0 Å². The summed E-state index contributed by atoms with van der Waals surface area (Å²) in [5.74, 6) is -0.682. The van der Waals surface area contributed by atoms with Gasteiger partial charge in [-0.1, -0.05) is 0 Å². The Morgan fingerprint density at radius 2 is 1.46 bits per heavy atom. The number of aromatic nitrogens is 1. The second-order valence-corrected chi connectivity index (χ2v) is 5.65. The monoisotopic (exact) mass is 354 g/mol. The molecule has 0 unspecified atom stereocenters. The van der Waals surface area contributed by atoms with E-state index in [0.717, 1.165) is 0 Å². The van der Waals surface area contributed by atoms with Gasteiger partial charge >= 0.3 is 0 Å². The van der Waals surface area contributed by atoms with E-state index in [4.69, 9.17) is 0 Å². The number of hydrogen-bond donors (Lipinski definition) is 2. The zero-order valence-corrected chi connectivity index (χ0v) is 15.1. The van der Waals surface area contributed by atoms with E-state index in [1.54, 1.807) is 29.2 Å². The Labute approximate surface area is 152 Å². The van der Waals surface area contributed by atoms with Crippen molar-refractivity contribution in [1.82, 2.24) is 9.88 Å². The van der Waals surface area contributed by atoms with Crippen LogP contribution >= 0.6 is 0 Å². The van der Waals surface area contributed by atoms with Gasteiger partial charge < -0.3 is 15.5 Å². The van der Waals surface area contributed by atoms with Gasteiger partial charge in [0.25, 0.3) is 11.8 Å². The van der Waals surface area contributed by atoms with Crippen molar-refractivity contribution in [3.63, 3.8) is 0 Å². The molecule has 7 heteroatoms. The Kier molecular flexibility index (Phi) is 6.43. The molecule has 26 heavy (non-hydrogen) atoms. The summed E-state index contributed by atoms with van der Waals surface area (Å²) in [6.45, 7) is 6.40. The van der Waals surface area contributed by atoms with Gasteiger partial charge in [0.15, 0.2) is 0 Å². The first-order valence-electron chi connectivity index (χ1n) is 8.38. The van der Waals surface area contributed by atoms with Crippen LogP contribution in [0.25, 0.3) is 0 Å². The van der Waals surface area contributed by atoms with Crippen LogP contribution in [0.5, 0.6) is 0 Å². The second-order valence-electron chi connectivity index (χ2n) is 5.65. The van der Waals surface area contributed by atoms with Crippen LogP contribution in [0.3, 0.4) is 0 Å². The van der Waals surface area contributed by atoms with E-state index >= 15 is 0 Å². The quantitative estimate of drug-likeness (QED) is 0.834. The highest BCUT2D eigenvalue weighted by molar-refractivity contribution is 6.06. The molecule has 2 rings (SSSR count). The first-order chi connectivity index (χ1) is 12.4. The molecule has 2 N–H and O–H groups in total. The van der Waals surface area contributed by atoms with Crippen molar-refractivity contribution >= 4 is 29.1 Å². The lowest BCUT2D eigenvalue weighted by Crippen LogP contribution is -2.30. The molecule has 1 aromatic heterocycles. The molecule has 0 aliphatic heterocycles. The number of nitrogens with one attached hydrogen (secondary N) is 2. The molecule has 136 valence electrons. The molecule has 0 fully saturated rings. The molecule has 0 atom stereocenters. The summed E-state index contributed by atoms with van der Waals surface area (Å²) in [6.07, 6.45) is 2.87. The van der Waals surface area contributed by atoms with Gasteiger partial charge in [0.2, 0.25) is 5.91 Å². The molecular formula is C19H22N4O3. The fourth-order valence-electron chi connectivity index (χ4n) is 2.42. The topological polar surface area (TPSA) is 91.4 Å². The molecule has 0 saturated heterocycles. The molecule has 7 nitrogen and oxygen atoms in total. The first kappa shape index (κ1) is 19.1. The molecule has 0 spiro atoms. The van der Waals surface area contributed by atoms with Gasteiger partial charge in [-0.3, -0.25) is 19.4 Å². The number of rotatable bonds is 6. The Hall–Kier alpha value is -3.22. The number of benzene rings is 1. The molecule has 0 aliphatic rings. The summed E-state index contributed by atoms with van der Waals surface area (Å²) < 4.78 is 0. The fourth-order valence-corrected chi connectivity index (χ4v) is 2.42. The number of pyridine rings is 1. The van der Waals surface area contributed by atoms with E-state index in [2.05, 4.69) is 15.6 Å². The molecule has 0 radical (unpaired) electrons. The van der Waals surface area contributed by atoms with Gasteiger partial charge in [0, 0.05) is 43.8 Å². The third-order valence-corrected chi connectivity index (χ3v) is 3.76. The van der Waals surface area contributed by atoms with Gasteiger partial charge in [0.1, 0.15) is 0 Å². The second kappa shape index (κ2) is 8.75. The standard InChI is InChI=1S/C19H22N4O3/c1-4-23(5-2)19(26)15-10-14(11-20-12-15)18(25)22-17-8-6-16(7-9-17)21-13(3)24/h6-12H,4-5H2,1-3H3,(H,21,24)(H,22,25). The first-order valence-corrected chi connectivity index (χ1v) is 8.38. The lowest BCUT2D eigenvalue weighted by molar-refractivity contribution is -0.114. The number of hydrogen-bond acceptors (Lipinski definition) is 4. The van der Waals surface area contributed by atoms with Crippen LogP contribution in [0.1, 0.15) is 41.5 Å². The van der Waals surface area contributed by atoms with E-state index in [0.29, 0.717) is 35.6 Å². The third-order valence-electron chi connectivity index (χ3n) is 3.76. The molecule has 1 aromatic carbocycles. The van der Waals surface area contributed by atoms with Crippen LogP contribution in [0, 0.1) is 0 Å². The van der Waals surface area contributed by atoms with Crippen molar-refractivity contribution in [3.8, 4) is 0 Å².